The minimum Gasteiger partial charge on any atom is -0.493 e. The summed E-state index contributed by atoms with van der Waals surface area (Å²) in [4.78, 5) is 9.91. The van der Waals surface area contributed by atoms with E-state index in [1.807, 2.05) is 0 Å². The van der Waals surface area contributed by atoms with Crippen molar-refractivity contribution in [1.82, 2.24) is 0 Å². The summed E-state index contributed by atoms with van der Waals surface area (Å²) in [5.74, 6) is 0.0829. The summed E-state index contributed by atoms with van der Waals surface area (Å²) in [7, 11) is -1.75. The lowest BCUT2D eigenvalue weighted by Gasteiger charge is -2.11. The third-order valence-corrected chi connectivity index (χ3v) is 2.40. The molecule has 0 aliphatic carbocycles. The molecule has 0 atom stereocenters. The third kappa shape index (κ3) is 3.20. The van der Waals surface area contributed by atoms with Crippen molar-refractivity contribution in [2.24, 2.45) is 4.40 Å². The van der Waals surface area contributed by atoms with Gasteiger partial charge in [-0.1, -0.05) is 6.07 Å². The number of carbonyl (C=O) groups excluding carboxylic acids is 1. The second-order valence-corrected chi connectivity index (χ2v) is 3.89. The van der Waals surface area contributed by atoms with E-state index in [9.17, 15) is 13.2 Å². The molecule has 0 aliphatic rings. The van der Waals surface area contributed by atoms with Gasteiger partial charge in [0, 0.05) is 0 Å². The zero-order valence-corrected chi connectivity index (χ0v) is 9.85. The molecule has 0 aliphatic heterocycles. The number of rotatable bonds is 5. The fraction of sp³-hybridized carbons (Fsp3) is 0.222. The molecule has 0 fully saturated rings. The first-order valence-corrected chi connectivity index (χ1v) is 5.65. The van der Waals surface area contributed by atoms with E-state index in [-0.39, 0.29) is 17.2 Å². The number of nitrogens with zero attached hydrogens (tertiary/aromatic N) is 1. The number of hydrogen-bond donors (Lipinski definition) is 0. The van der Waals surface area contributed by atoms with E-state index in [1.54, 1.807) is 6.07 Å². The Bertz CT molecular complexity index is 524. The molecule has 0 N–H and O–H groups in total. The van der Waals surface area contributed by atoms with Crippen LogP contribution in [0.5, 0.6) is 17.2 Å². The Labute approximate surface area is 97.9 Å². The Hall–Kier alpha value is -2.05. The molecule has 0 unspecified atom stereocenters. The van der Waals surface area contributed by atoms with Gasteiger partial charge in [-0.2, -0.15) is 8.42 Å². The lowest BCUT2D eigenvalue weighted by molar-refractivity contribution is 0.360. The Morgan fingerprint density at radius 2 is 1.71 bits per heavy atom. The molecule has 0 radical (unpaired) electrons. The van der Waals surface area contributed by atoms with E-state index in [2.05, 4.69) is 8.58 Å². The molecule has 8 heteroatoms. The summed E-state index contributed by atoms with van der Waals surface area (Å²) >= 11 is 0. The molecule has 92 valence electrons. The summed E-state index contributed by atoms with van der Waals surface area (Å²) in [5, 5.41) is 0. The fourth-order valence-corrected chi connectivity index (χ4v) is 1.57. The second kappa shape index (κ2) is 5.33. The summed E-state index contributed by atoms with van der Waals surface area (Å²) in [5.41, 5.74) is 0. The number of benzene rings is 1. The van der Waals surface area contributed by atoms with E-state index in [1.165, 1.54) is 26.4 Å². The highest BCUT2D eigenvalue weighted by Gasteiger charge is 2.19. The van der Waals surface area contributed by atoms with Crippen LogP contribution in [0.3, 0.4) is 0 Å². The van der Waals surface area contributed by atoms with Gasteiger partial charge in [0.25, 0.3) is 6.08 Å². The van der Waals surface area contributed by atoms with Crippen molar-refractivity contribution in [3.05, 3.63) is 18.2 Å². The summed E-state index contributed by atoms with van der Waals surface area (Å²) in [6.07, 6.45) is 0.884. The van der Waals surface area contributed by atoms with Crippen molar-refractivity contribution < 1.29 is 26.9 Å². The molecule has 7 nitrogen and oxygen atoms in total. The minimum atomic E-state index is -4.41. The standard InChI is InChI=1S/C9H9NO6S/c1-14-7-4-3-5-8(15-2)9(7)16-17(12,13)10-6-11/h3-5H,1-2H3. The van der Waals surface area contributed by atoms with Crippen LogP contribution in [0, 0.1) is 0 Å². The molecule has 0 bridgehead atoms. The number of para-hydroxylation sites is 1. The average molecular weight is 259 g/mol. The van der Waals surface area contributed by atoms with Gasteiger partial charge >= 0.3 is 10.3 Å². The predicted molar refractivity (Wildman–Crippen MR) is 57.2 cm³/mol. The highest BCUT2D eigenvalue weighted by Crippen LogP contribution is 2.37. The first-order chi connectivity index (χ1) is 8.04. The maximum Gasteiger partial charge on any atom is 0.439 e. The van der Waals surface area contributed by atoms with Crippen molar-refractivity contribution in [2.75, 3.05) is 14.2 Å². The first-order valence-electron chi connectivity index (χ1n) is 4.28. The van der Waals surface area contributed by atoms with E-state index >= 15 is 0 Å². The van der Waals surface area contributed by atoms with E-state index in [0.717, 1.165) is 6.08 Å². The Kier molecular flexibility index (Phi) is 4.08. The summed E-state index contributed by atoms with van der Waals surface area (Å²) in [6.45, 7) is 0. The van der Waals surface area contributed by atoms with Crippen molar-refractivity contribution in [3.8, 4) is 17.2 Å². The number of hydrogen-bond acceptors (Lipinski definition) is 6. The Balaban J connectivity index is 3.25. The van der Waals surface area contributed by atoms with Crippen molar-refractivity contribution in [3.63, 3.8) is 0 Å². The third-order valence-electron chi connectivity index (χ3n) is 1.72. The topological polar surface area (TPSA) is 91.3 Å². The SMILES string of the molecule is COc1cccc(OC)c1OS(=O)(=O)N=C=O. The molecule has 17 heavy (non-hydrogen) atoms. The highest BCUT2D eigenvalue weighted by atomic mass is 32.2. The molecule has 0 saturated carbocycles. The van der Waals surface area contributed by atoms with Crippen LogP contribution in [-0.4, -0.2) is 28.7 Å². The number of isocyanates is 1. The van der Waals surface area contributed by atoms with Gasteiger partial charge in [-0.3, -0.25) is 0 Å². The lowest BCUT2D eigenvalue weighted by atomic mass is 10.3. The minimum absolute atomic E-state index is 0.133. The molecule has 0 spiro atoms. The summed E-state index contributed by atoms with van der Waals surface area (Å²) < 4.78 is 39.3. The van der Waals surface area contributed by atoms with Crippen LogP contribution in [0.1, 0.15) is 0 Å². The van der Waals surface area contributed by atoms with Gasteiger partial charge in [0.1, 0.15) is 0 Å². The molecule has 1 aromatic carbocycles. The largest absolute Gasteiger partial charge is 0.493 e. The molecule has 0 heterocycles. The van der Waals surface area contributed by atoms with E-state index in [4.69, 9.17) is 9.47 Å². The quantitative estimate of drug-likeness (QED) is 0.570. The van der Waals surface area contributed by atoms with Gasteiger partial charge in [0.2, 0.25) is 5.75 Å². The smallest absolute Gasteiger partial charge is 0.439 e. The summed E-state index contributed by atoms with van der Waals surface area (Å²) in [6, 6.07) is 4.52. The van der Waals surface area contributed by atoms with Crippen molar-refractivity contribution >= 4 is 16.4 Å². The second-order valence-electron chi connectivity index (χ2n) is 2.69. The zero-order chi connectivity index (χ0) is 12.9. The van der Waals surface area contributed by atoms with E-state index in [0.29, 0.717) is 0 Å². The number of ether oxygens (including phenoxy) is 2. The number of methoxy groups -OCH3 is 2. The van der Waals surface area contributed by atoms with Crippen molar-refractivity contribution in [1.29, 1.82) is 0 Å². The van der Waals surface area contributed by atoms with E-state index < -0.39 is 10.3 Å². The predicted octanol–water partition coefficient (Wildman–Crippen LogP) is 0.663. The van der Waals surface area contributed by atoms with Gasteiger partial charge in [-0.15, -0.1) is 0 Å². The molecule has 0 aromatic heterocycles. The van der Waals surface area contributed by atoms with Crippen LogP contribution in [0.2, 0.25) is 0 Å². The monoisotopic (exact) mass is 259 g/mol. The maximum absolute atomic E-state index is 11.2. The first kappa shape index (κ1) is 13.0. The Morgan fingerprint density at radius 1 is 1.18 bits per heavy atom. The van der Waals surface area contributed by atoms with Crippen LogP contribution >= 0.6 is 0 Å². The van der Waals surface area contributed by atoms with Crippen LogP contribution < -0.4 is 13.7 Å². The highest BCUT2D eigenvalue weighted by molar-refractivity contribution is 7.85. The van der Waals surface area contributed by atoms with Crippen molar-refractivity contribution in [2.45, 2.75) is 0 Å². The van der Waals surface area contributed by atoms with Gasteiger partial charge < -0.3 is 13.7 Å². The van der Waals surface area contributed by atoms with Gasteiger partial charge in [0.05, 0.1) is 14.2 Å². The normalized spacial score (nSPS) is 10.2. The average Bonchev–Trinajstić information content (AvgIpc) is 2.28. The van der Waals surface area contributed by atoms with Crippen LogP contribution in [0.25, 0.3) is 0 Å². The molecule has 0 amide bonds. The van der Waals surface area contributed by atoms with Crippen LogP contribution in [0.15, 0.2) is 22.6 Å². The molecular weight excluding hydrogens is 250 g/mol. The molecule has 0 saturated heterocycles. The zero-order valence-electron chi connectivity index (χ0n) is 9.04. The van der Waals surface area contributed by atoms with Gasteiger partial charge in [-0.05, 0) is 16.5 Å². The molecular formula is C9H9NO6S. The van der Waals surface area contributed by atoms with Crippen LogP contribution in [-0.2, 0) is 15.1 Å². The van der Waals surface area contributed by atoms with Crippen LogP contribution in [0.4, 0.5) is 0 Å². The fourth-order valence-electron chi connectivity index (χ4n) is 1.07. The molecule has 1 rings (SSSR count). The van der Waals surface area contributed by atoms with Gasteiger partial charge in [-0.25, -0.2) is 4.79 Å². The lowest BCUT2D eigenvalue weighted by Crippen LogP contribution is -2.07. The Morgan fingerprint density at radius 3 is 2.12 bits per heavy atom. The molecule has 1 aromatic rings. The van der Waals surface area contributed by atoms with Gasteiger partial charge in [0.15, 0.2) is 11.5 Å². The maximum atomic E-state index is 11.2.